The molecule has 2 unspecified atom stereocenters. The van der Waals surface area contributed by atoms with Gasteiger partial charge in [0.25, 0.3) is 5.91 Å². The van der Waals surface area contributed by atoms with Gasteiger partial charge in [-0.2, -0.15) is 0 Å². The third kappa shape index (κ3) is 4.84. The molecule has 5 heteroatoms. The predicted octanol–water partition coefficient (Wildman–Crippen LogP) is 5.02. The number of benzene rings is 3. The Morgan fingerprint density at radius 1 is 0.893 bits per heavy atom. The van der Waals surface area contributed by atoms with Gasteiger partial charge in [-0.15, -0.1) is 0 Å². The van der Waals surface area contributed by atoms with Crippen molar-refractivity contribution in [1.82, 2.24) is 5.32 Å². The van der Waals surface area contributed by atoms with E-state index in [0.717, 1.165) is 16.9 Å². The van der Waals surface area contributed by atoms with Gasteiger partial charge in [-0.25, -0.2) is 0 Å². The van der Waals surface area contributed by atoms with Gasteiger partial charge in [0.15, 0.2) is 6.10 Å². The zero-order valence-corrected chi connectivity index (χ0v) is 16.5. The summed E-state index contributed by atoms with van der Waals surface area (Å²) in [5, 5.41) is 3.55. The van der Waals surface area contributed by atoms with Crippen LogP contribution in [0, 0.1) is 0 Å². The van der Waals surface area contributed by atoms with Gasteiger partial charge in [-0.3, -0.25) is 4.79 Å². The summed E-state index contributed by atoms with van der Waals surface area (Å²) in [4.78, 5) is 12.8. The molecule has 0 saturated carbocycles. The van der Waals surface area contributed by atoms with E-state index in [1.165, 1.54) is 0 Å². The lowest BCUT2D eigenvalue weighted by Crippen LogP contribution is -2.39. The summed E-state index contributed by atoms with van der Waals surface area (Å²) in [6, 6.07) is 24.2. The molecule has 0 heterocycles. The number of hydrogen-bond donors (Lipinski definition) is 1. The van der Waals surface area contributed by atoms with Crippen molar-refractivity contribution < 1.29 is 14.3 Å². The van der Waals surface area contributed by atoms with E-state index < -0.39 is 6.10 Å². The highest BCUT2D eigenvalue weighted by Crippen LogP contribution is 2.26. The van der Waals surface area contributed by atoms with Crippen molar-refractivity contribution in [2.75, 3.05) is 7.11 Å². The summed E-state index contributed by atoms with van der Waals surface area (Å²) < 4.78 is 11.0. The Morgan fingerprint density at radius 3 is 2.14 bits per heavy atom. The lowest BCUT2D eigenvalue weighted by Gasteiger charge is -2.23. The zero-order valence-electron chi connectivity index (χ0n) is 15.8. The fourth-order valence-electron chi connectivity index (χ4n) is 2.84. The molecule has 3 aromatic rings. The van der Waals surface area contributed by atoms with Gasteiger partial charge in [0.05, 0.1) is 18.2 Å². The van der Waals surface area contributed by atoms with E-state index in [2.05, 4.69) is 5.32 Å². The molecule has 28 heavy (non-hydrogen) atoms. The summed E-state index contributed by atoms with van der Waals surface area (Å²) >= 11 is 6.13. The largest absolute Gasteiger partial charge is 0.497 e. The summed E-state index contributed by atoms with van der Waals surface area (Å²) in [5.41, 5.74) is 1.93. The average Bonchev–Trinajstić information content (AvgIpc) is 2.74. The van der Waals surface area contributed by atoms with E-state index >= 15 is 0 Å². The van der Waals surface area contributed by atoms with Crippen molar-refractivity contribution in [1.29, 1.82) is 0 Å². The van der Waals surface area contributed by atoms with Crippen molar-refractivity contribution >= 4 is 17.5 Å². The monoisotopic (exact) mass is 395 g/mol. The molecule has 0 saturated heterocycles. The molecule has 1 N–H and O–H groups in total. The lowest BCUT2D eigenvalue weighted by molar-refractivity contribution is -0.127. The topological polar surface area (TPSA) is 47.6 Å². The molecule has 4 nitrogen and oxygen atoms in total. The summed E-state index contributed by atoms with van der Waals surface area (Å²) in [5.74, 6) is 1.01. The number of para-hydroxylation sites is 1. The first-order valence-electron chi connectivity index (χ1n) is 8.99. The van der Waals surface area contributed by atoms with Gasteiger partial charge >= 0.3 is 0 Å². The number of amides is 1. The minimum atomic E-state index is -0.704. The standard InChI is InChI=1S/C23H22ClNO3/c1-16(28-21-11-7-6-10-20(21)24)23(26)25-22(17-8-4-3-5-9-17)18-12-14-19(27-2)15-13-18/h3-16,22H,1-2H3,(H,25,26). The van der Waals surface area contributed by atoms with Crippen LogP contribution in [0.25, 0.3) is 0 Å². The van der Waals surface area contributed by atoms with Crippen LogP contribution in [0.2, 0.25) is 5.02 Å². The van der Waals surface area contributed by atoms with E-state index in [1.54, 1.807) is 26.2 Å². The predicted molar refractivity (Wildman–Crippen MR) is 111 cm³/mol. The Kier molecular flexibility index (Phi) is 6.56. The average molecular weight is 396 g/mol. The number of methoxy groups -OCH3 is 1. The van der Waals surface area contributed by atoms with E-state index in [4.69, 9.17) is 21.1 Å². The maximum atomic E-state index is 12.8. The molecule has 144 valence electrons. The minimum Gasteiger partial charge on any atom is -0.497 e. The molecular weight excluding hydrogens is 374 g/mol. The Balaban J connectivity index is 1.80. The molecule has 0 bridgehead atoms. The van der Waals surface area contributed by atoms with Gasteiger partial charge in [-0.1, -0.05) is 66.2 Å². The van der Waals surface area contributed by atoms with Gasteiger partial charge < -0.3 is 14.8 Å². The van der Waals surface area contributed by atoms with E-state index in [-0.39, 0.29) is 11.9 Å². The molecule has 0 fully saturated rings. The maximum absolute atomic E-state index is 12.8. The molecule has 0 spiro atoms. The van der Waals surface area contributed by atoms with Gasteiger partial charge in [0.2, 0.25) is 0 Å². The smallest absolute Gasteiger partial charge is 0.261 e. The van der Waals surface area contributed by atoms with Crippen LogP contribution in [-0.2, 0) is 4.79 Å². The number of hydrogen-bond acceptors (Lipinski definition) is 3. The van der Waals surface area contributed by atoms with Crippen molar-refractivity contribution in [2.45, 2.75) is 19.1 Å². The van der Waals surface area contributed by atoms with Crippen molar-refractivity contribution in [3.05, 3.63) is 95.0 Å². The highest BCUT2D eigenvalue weighted by molar-refractivity contribution is 6.32. The van der Waals surface area contributed by atoms with Gasteiger partial charge in [-0.05, 0) is 42.3 Å². The molecule has 3 aromatic carbocycles. The highest BCUT2D eigenvalue weighted by Gasteiger charge is 2.22. The van der Waals surface area contributed by atoms with Crippen LogP contribution in [0.1, 0.15) is 24.1 Å². The highest BCUT2D eigenvalue weighted by atomic mass is 35.5. The van der Waals surface area contributed by atoms with Crippen LogP contribution >= 0.6 is 11.6 Å². The number of rotatable bonds is 7. The van der Waals surface area contributed by atoms with Crippen LogP contribution in [-0.4, -0.2) is 19.1 Å². The lowest BCUT2D eigenvalue weighted by atomic mass is 9.98. The number of ether oxygens (including phenoxy) is 2. The Bertz CT molecular complexity index is 913. The number of halogens is 1. The molecule has 1 amide bonds. The van der Waals surface area contributed by atoms with E-state index in [0.29, 0.717) is 10.8 Å². The molecule has 0 radical (unpaired) electrons. The first kappa shape index (κ1) is 19.8. The first-order chi connectivity index (χ1) is 13.6. The quantitative estimate of drug-likeness (QED) is 0.610. The Labute approximate surface area is 170 Å². The fourth-order valence-corrected chi connectivity index (χ4v) is 3.03. The fraction of sp³-hybridized carbons (Fsp3) is 0.174. The zero-order chi connectivity index (χ0) is 19.9. The van der Waals surface area contributed by atoms with Gasteiger partial charge in [0, 0.05) is 0 Å². The van der Waals surface area contributed by atoms with Crippen LogP contribution in [0.5, 0.6) is 11.5 Å². The maximum Gasteiger partial charge on any atom is 0.261 e. The summed E-state index contributed by atoms with van der Waals surface area (Å²) in [6.07, 6.45) is -0.704. The first-order valence-corrected chi connectivity index (χ1v) is 9.36. The molecule has 3 rings (SSSR count). The second kappa shape index (κ2) is 9.29. The SMILES string of the molecule is COc1ccc(C(NC(=O)C(C)Oc2ccccc2Cl)c2ccccc2)cc1. The van der Waals surface area contributed by atoms with Crippen LogP contribution < -0.4 is 14.8 Å². The van der Waals surface area contributed by atoms with Crippen molar-refractivity contribution in [2.24, 2.45) is 0 Å². The third-order valence-electron chi connectivity index (χ3n) is 4.38. The number of carbonyl (C=O) groups is 1. The number of nitrogens with one attached hydrogen (secondary N) is 1. The van der Waals surface area contributed by atoms with Gasteiger partial charge in [0.1, 0.15) is 11.5 Å². The van der Waals surface area contributed by atoms with Crippen LogP contribution in [0.4, 0.5) is 0 Å². The second-order valence-corrected chi connectivity index (χ2v) is 6.72. The Morgan fingerprint density at radius 2 is 1.50 bits per heavy atom. The number of carbonyl (C=O) groups excluding carboxylic acids is 1. The molecule has 0 aromatic heterocycles. The van der Waals surface area contributed by atoms with Crippen LogP contribution in [0.15, 0.2) is 78.9 Å². The van der Waals surface area contributed by atoms with Crippen molar-refractivity contribution in [3.8, 4) is 11.5 Å². The minimum absolute atomic E-state index is 0.232. The molecule has 0 aliphatic rings. The third-order valence-corrected chi connectivity index (χ3v) is 4.69. The van der Waals surface area contributed by atoms with Crippen molar-refractivity contribution in [3.63, 3.8) is 0 Å². The molecule has 0 aliphatic carbocycles. The summed E-state index contributed by atoms with van der Waals surface area (Å²) in [6.45, 7) is 1.70. The molecule has 0 aliphatic heterocycles. The molecular formula is C23H22ClNO3. The van der Waals surface area contributed by atoms with E-state index in [1.807, 2.05) is 66.7 Å². The van der Waals surface area contributed by atoms with E-state index in [9.17, 15) is 4.79 Å². The summed E-state index contributed by atoms with van der Waals surface area (Å²) in [7, 11) is 1.62. The normalized spacial score (nSPS) is 12.7. The Hall–Kier alpha value is -2.98. The molecule has 2 atom stereocenters. The van der Waals surface area contributed by atoms with Crippen LogP contribution in [0.3, 0.4) is 0 Å². The second-order valence-electron chi connectivity index (χ2n) is 6.32.